The molecule has 0 aromatic rings. The summed E-state index contributed by atoms with van der Waals surface area (Å²) in [5.74, 6) is 0.635. The summed E-state index contributed by atoms with van der Waals surface area (Å²) in [6.07, 6.45) is 7.72. The Morgan fingerprint density at radius 1 is 1.27 bits per heavy atom. The van der Waals surface area contributed by atoms with Crippen molar-refractivity contribution in [2.75, 3.05) is 6.54 Å². The predicted molar refractivity (Wildman–Crippen MR) is 83.2 cm³/mol. The molecule has 1 saturated carbocycles. The second kappa shape index (κ2) is 5.60. The molecule has 22 heavy (non-hydrogen) atoms. The van der Waals surface area contributed by atoms with Crippen LogP contribution in [-0.4, -0.2) is 41.1 Å². The minimum Gasteiger partial charge on any atom is -0.444 e. The van der Waals surface area contributed by atoms with Crippen LogP contribution < -0.4 is 5.32 Å². The molecule has 122 valence electrons. The van der Waals surface area contributed by atoms with Crippen LogP contribution in [0.4, 0.5) is 4.79 Å². The Morgan fingerprint density at radius 3 is 2.68 bits per heavy atom. The molecule has 0 radical (unpaired) electrons. The summed E-state index contributed by atoms with van der Waals surface area (Å²) in [6.45, 7) is 6.33. The lowest BCUT2D eigenvalue weighted by atomic mass is 9.79. The Balaban J connectivity index is 1.54. The van der Waals surface area contributed by atoms with Gasteiger partial charge in [0, 0.05) is 18.4 Å². The van der Waals surface area contributed by atoms with E-state index in [0.717, 1.165) is 25.7 Å². The number of allylic oxidation sites excluding steroid dienone is 2. The lowest BCUT2D eigenvalue weighted by Crippen LogP contribution is -2.56. The van der Waals surface area contributed by atoms with Crippen molar-refractivity contribution in [3.8, 4) is 0 Å². The summed E-state index contributed by atoms with van der Waals surface area (Å²) in [5.41, 5.74) is -0.475. The van der Waals surface area contributed by atoms with Gasteiger partial charge in [0.1, 0.15) is 5.60 Å². The molecule has 2 bridgehead atoms. The molecule has 5 nitrogen and oxygen atoms in total. The van der Waals surface area contributed by atoms with Crippen LogP contribution in [0, 0.1) is 11.8 Å². The van der Waals surface area contributed by atoms with Crippen molar-refractivity contribution in [1.82, 2.24) is 10.2 Å². The summed E-state index contributed by atoms with van der Waals surface area (Å²) in [7, 11) is 0. The smallest absolute Gasteiger partial charge is 0.410 e. The van der Waals surface area contributed by atoms with Gasteiger partial charge < -0.3 is 15.0 Å². The minimum atomic E-state index is -0.475. The largest absolute Gasteiger partial charge is 0.444 e. The third kappa shape index (κ3) is 2.99. The third-order valence-electron chi connectivity index (χ3n) is 4.87. The van der Waals surface area contributed by atoms with E-state index < -0.39 is 5.60 Å². The number of carbonyl (C=O) groups excluding carboxylic acids is 2. The van der Waals surface area contributed by atoms with Crippen LogP contribution in [0.25, 0.3) is 0 Å². The molecule has 2 heterocycles. The molecule has 2 amide bonds. The molecule has 5 heteroatoms. The van der Waals surface area contributed by atoms with E-state index in [9.17, 15) is 9.59 Å². The molecular weight excluding hydrogens is 280 g/mol. The molecule has 0 aromatic heterocycles. The van der Waals surface area contributed by atoms with Crippen LogP contribution in [0.3, 0.4) is 0 Å². The quantitative estimate of drug-likeness (QED) is 0.797. The van der Waals surface area contributed by atoms with E-state index >= 15 is 0 Å². The van der Waals surface area contributed by atoms with Crippen LogP contribution >= 0.6 is 0 Å². The maximum Gasteiger partial charge on any atom is 0.410 e. The van der Waals surface area contributed by atoms with Gasteiger partial charge in [-0.05, 0) is 46.5 Å². The molecule has 4 atom stereocenters. The van der Waals surface area contributed by atoms with Gasteiger partial charge in [-0.1, -0.05) is 12.2 Å². The fourth-order valence-corrected chi connectivity index (χ4v) is 3.68. The van der Waals surface area contributed by atoms with Gasteiger partial charge in [0.05, 0.1) is 12.1 Å². The third-order valence-corrected chi connectivity index (χ3v) is 4.87. The molecule has 0 unspecified atom stereocenters. The van der Waals surface area contributed by atoms with E-state index in [0.29, 0.717) is 12.5 Å². The highest BCUT2D eigenvalue weighted by Gasteiger charge is 2.55. The van der Waals surface area contributed by atoms with Gasteiger partial charge in [0.15, 0.2) is 0 Å². The van der Waals surface area contributed by atoms with Crippen LogP contribution in [0.5, 0.6) is 0 Å². The van der Waals surface area contributed by atoms with Crippen molar-refractivity contribution in [1.29, 1.82) is 0 Å². The Labute approximate surface area is 132 Å². The van der Waals surface area contributed by atoms with Crippen LogP contribution in [0.1, 0.15) is 46.5 Å². The molecule has 3 fully saturated rings. The fraction of sp³-hybridized carbons (Fsp3) is 0.765. The fourth-order valence-electron chi connectivity index (χ4n) is 3.68. The summed E-state index contributed by atoms with van der Waals surface area (Å²) >= 11 is 0. The first-order valence-electron chi connectivity index (χ1n) is 8.30. The Kier molecular flexibility index (Phi) is 3.91. The van der Waals surface area contributed by atoms with E-state index in [1.165, 1.54) is 0 Å². The monoisotopic (exact) mass is 306 g/mol. The van der Waals surface area contributed by atoms with Gasteiger partial charge in [0.2, 0.25) is 5.91 Å². The number of amides is 2. The number of carbonyl (C=O) groups is 2. The lowest BCUT2D eigenvalue weighted by Gasteiger charge is -2.38. The summed E-state index contributed by atoms with van der Waals surface area (Å²) in [5, 5.41) is 3.17. The number of hydrogen-bond acceptors (Lipinski definition) is 3. The minimum absolute atomic E-state index is 0.0972. The molecular formula is C17H26N2O3. The van der Waals surface area contributed by atoms with Crippen molar-refractivity contribution >= 4 is 12.0 Å². The molecule has 4 rings (SSSR count). The average Bonchev–Trinajstić information content (AvgIpc) is 3.02. The van der Waals surface area contributed by atoms with E-state index in [1.807, 2.05) is 20.8 Å². The first-order valence-corrected chi connectivity index (χ1v) is 8.30. The summed E-state index contributed by atoms with van der Waals surface area (Å²) in [4.78, 5) is 26.4. The standard InChI is InChI=1S/C17H26N2O3/c1-17(2,3)22-16(21)19-10-12-9-13(19)14(12)18-15(20)11-7-5-4-6-8-11/h4-5,11-14H,6-10H2,1-3H3,(H,18,20)/t11-,12+,13-,14+/m0/s1. The number of nitrogens with zero attached hydrogens (tertiary/aromatic N) is 1. The molecule has 2 saturated heterocycles. The van der Waals surface area contributed by atoms with Crippen molar-refractivity contribution in [3.63, 3.8) is 0 Å². The molecule has 2 aliphatic carbocycles. The van der Waals surface area contributed by atoms with E-state index in [-0.39, 0.29) is 30.0 Å². The number of hydrogen-bond donors (Lipinski definition) is 1. The second-order valence-electron chi connectivity index (χ2n) is 7.71. The van der Waals surface area contributed by atoms with Crippen molar-refractivity contribution in [3.05, 3.63) is 12.2 Å². The van der Waals surface area contributed by atoms with Crippen LogP contribution in [0.15, 0.2) is 12.2 Å². The van der Waals surface area contributed by atoms with Gasteiger partial charge in [-0.2, -0.15) is 0 Å². The van der Waals surface area contributed by atoms with Gasteiger partial charge >= 0.3 is 6.09 Å². The highest BCUT2D eigenvalue weighted by atomic mass is 16.6. The number of nitrogens with one attached hydrogen (secondary N) is 1. The maximum atomic E-state index is 12.3. The first-order chi connectivity index (χ1) is 10.3. The Morgan fingerprint density at radius 2 is 2.05 bits per heavy atom. The van der Waals surface area contributed by atoms with Crippen LogP contribution in [0.2, 0.25) is 0 Å². The van der Waals surface area contributed by atoms with Gasteiger partial charge in [0.25, 0.3) is 0 Å². The normalized spacial score (nSPS) is 33.3. The zero-order valence-electron chi connectivity index (χ0n) is 13.7. The van der Waals surface area contributed by atoms with E-state index in [2.05, 4.69) is 17.5 Å². The molecule has 4 aliphatic rings. The Hall–Kier alpha value is -1.52. The lowest BCUT2D eigenvalue weighted by molar-refractivity contribution is -0.127. The zero-order chi connectivity index (χ0) is 15.9. The van der Waals surface area contributed by atoms with Gasteiger partial charge in [-0.25, -0.2) is 4.79 Å². The highest BCUT2D eigenvalue weighted by Crippen LogP contribution is 2.42. The second-order valence-corrected chi connectivity index (χ2v) is 7.71. The molecule has 1 N–H and O–H groups in total. The SMILES string of the molecule is CC(C)(C)OC(=O)N1C[C@H]2C[C@H]1[C@@H]2NC(=O)[C@H]1CC=CCC1. The number of fused-ring (bicyclic) bond motifs is 1. The zero-order valence-corrected chi connectivity index (χ0v) is 13.7. The Bertz CT molecular complexity index is 495. The molecule has 2 aliphatic heterocycles. The number of ether oxygens (including phenoxy) is 1. The van der Waals surface area contributed by atoms with Gasteiger partial charge in [-0.15, -0.1) is 0 Å². The molecule has 0 aromatic carbocycles. The van der Waals surface area contributed by atoms with Crippen molar-refractivity contribution < 1.29 is 14.3 Å². The topological polar surface area (TPSA) is 58.6 Å². The van der Waals surface area contributed by atoms with Gasteiger partial charge in [-0.3, -0.25) is 4.79 Å². The first kappa shape index (κ1) is 15.4. The van der Waals surface area contributed by atoms with E-state index in [1.54, 1.807) is 4.90 Å². The van der Waals surface area contributed by atoms with Crippen molar-refractivity contribution in [2.45, 2.75) is 64.1 Å². The average molecular weight is 306 g/mol. The molecule has 0 spiro atoms. The van der Waals surface area contributed by atoms with E-state index in [4.69, 9.17) is 4.74 Å². The van der Waals surface area contributed by atoms with Crippen molar-refractivity contribution in [2.24, 2.45) is 11.8 Å². The van der Waals surface area contributed by atoms with Crippen LogP contribution in [-0.2, 0) is 9.53 Å². The summed E-state index contributed by atoms with van der Waals surface area (Å²) < 4.78 is 5.45. The highest BCUT2D eigenvalue weighted by molar-refractivity contribution is 5.80. The maximum absolute atomic E-state index is 12.3. The predicted octanol–water partition coefficient (Wildman–Crippen LogP) is 2.47. The number of rotatable bonds is 2. The summed E-state index contributed by atoms with van der Waals surface area (Å²) in [6, 6.07) is 0.230.